The van der Waals surface area contributed by atoms with E-state index in [1.165, 1.54) is 0 Å². The Labute approximate surface area is 79.7 Å². The molecule has 0 fully saturated rings. The van der Waals surface area contributed by atoms with Gasteiger partial charge in [-0.1, -0.05) is 0 Å². The summed E-state index contributed by atoms with van der Waals surface area (Å²) >= 11 is 0. The molecule has 0 bridgehead atoms. The van der Waals surface area contributed by atoms with Gasteiger partial charge < -0.3 is 27.4 Å². The quantitative estimate of drug-likeness (QED) is 0.390. The highest BCUT2D eigenvalue weighted by Crippen LogP contribution is 1.93. The van der Waals surface area contributed by atoms with Crippen molar-refractivity contribution in [1.82, 2.24) is 0 Å². The first kappa shape index (κ1) is 14.1. The lowest BCUT2D eigenvalue weighted by molar-refractivity contribution is -0.870. The summed E-state index contributed by atoms with van der Waals surface area (Å²) in [5.74, 6) is 0. The molecule has 0 rings (SSSR count). The molecule has 0 heterocycles. The lowest BCUT2D eigenvalue weighted by Crippen LogP contribution is -3.00. The minimum atomic E-state index is -0.689. The lowest BCUT2D eigenvalue weighted by atomic mass is 10.4. The van der Waals surface area contributed by atoms with Gasteiger partial charge in [-0.05, 0) is 0 Å². The van der Waals surface area contributed by atoms with E-state index in [1.807, 2.05) is 0 Å². The van der Waals surface area contributed by atoms with Crippen LogP contribution in [0.2, 0.25) is 0 Å². The maximum Gasteiger partial charge on any atom is 0.404 e. The highest BCUT2D eigenvalue weighted by Gasteiger charge is 2.05. The molecule has 0 aliphatic rings. The molecule has 1 amide bonds. The molecule has 0 spiro atoms. The fourth-order valence-electron chi connectivity index (χ4n) is 0.712. The minimum Gasteiger partial charge on any atom is -1.00 e. The summed E-state index contributed by atoms with van der Waals surface area (Å²) in [5.41, 5.74) is 4.78. The fourth-order valence-corrected chi connectivity index (χ4v) is 0.712. The van der Waals surface area contributed by atoms with Crippen LogP contribution in [0.4, 0.5) is 4.79 Å². The highest BCUT2D eigenvalue weighted by molar-refractivity contribution is 5.64. The van der Waals surface area contributed by atoms with Crippen molar-refractivity contribution in [3.8, 4) is 0 Å². The Hall–Kier alpha value is -0.480. The first-order valence-corrected chi connectivity index (χ1v) is 3.64. The standard InChI is InChI=1S/C7H16N2O2.ClH/c1-9(2,3)5-4-6-11-7(8)10;/h4-6H2,1-3H3,(H-,8,10);1H. The van der Waals surface area contributed by atoms with Gasteiger partial charge in [0.25, 0.3) is 0 Å². The second-order valence-corrected chi connectivity index (χ2v) is 3.53. The Morgan fingerprint density at radius 1 is 1.42 bits per heavy atom. The molecule has 4 nitrogen and oxygen atoms in total. The predicted octanol–water partition coefficient (Wildman–Crippen LogP) is -2.82. The van der Waals surface area contributed by atoms with Crippen LogP contribution in [0.1, 0.15) is 6.42 Å². The molecule has 0 aliphatic heterocycles. The van der Waals surface area contributed by atoms with Crippen molar-refractivity contribution in [3.05, 3.63) is 0 Å². The summed E-state index contributed by atoms with van der Waals surface area (Å²) in [4.78, 5) is 10.1. The summed E-state index contributed by atoms with van der Waals surface area (Å²) < 4.78 is 5.44. The van der Waals surface area contributed by atoms with Crippen LogP contribution in [0.5, 0.6) is 0 Å². The molecular formula is C7H17ClN2O2. The van der Waals surface area contributed by atoms with E-state index < -0.39 is 6.09 Å². The van der Waals surface area contributed by atoms with E-state index in [0.29, 0.717) is 6.61 Å². The van der Waals surface area contributed by atoms with Crippen LogP contribution in [-0.4, -0.2) is 44.9 Å². The molecule has 0 radical (unpaired) electrons. The number of primary amides is 1. The van der Waals surface area contributed by atoms with Crippen LogP contribution < -0.4 is 18.1 Å². The molecule has 0 aromatic heterocycles. The Balaban J connectivity index is 0. The molecule has 0 saturated heterocycles. The third-order valence-electron chi connectivity index (χ3n) is 1.22. The van der Waals surface area contributed by atoms with Gasteiger partial charge in [-0.15, -0.1) is 0 Å². The molecular weight excluding hydrogens is 180 g/mol. The van der Waals surface area contributed by atoms with Gasteiger partial charge in [0.05, 0.1) is 34.3 Å². The van der Waals surface area contributed by atoms with E-state index >= 15 is 0 Å². The van der Waals surface area contributed by atoms with Gasteiger partial charge in [0.15, 0.2) is 0 Å². The second kappa shape index (κ2) is 6.08. The zero-order valence-electron chi connectivity index (χ0n) is 7.84. The second-order valence-electron chi connectivity index (χ2n) is 3.53. The number of amides is 1. The van der Waals surface area contributed by atoms with Crippen LogP contribution >= 0.6 is 0 Å². The summed E-state index contributed by atoms with van der Waals surface area (Å²) in [6.07, 6.45) is 0.165. The SMILES string of the molecule is C[N+](C)(C)CCCOC(N)=O.[Cl-]. The number of rotatable bonds is 4. The van der Waals surface area contributed by atoms with E-state index in [0.717, 1.165) is 17.4 Å². The topological polar surface area (TPSA) is 52.3 Å². The molecule has 2 N–H and O–H groups in total. The van der Waals surface area contributed by atoms with Gasteiger partial charge in [0, 0.05) is 6.42 Å². The number of carbonyl (C=O) groups is 1. The summed E-state index contributed by atoms with van der Waals surface area (Å²) in [7, 11) is 6.26. The number of halogens is 1. The Bertz CT molecular complexity index is 134. The van der Waals surface area contributed by atoms with E-state index in [4.69, 9.17) is 5.73 Å². The molecule has 5 heteroatoms. The number of hydrogen-bond acceptors (Lipinski definition) is 2. The number of hydrogen-bond donors (Lipinski definition) is 1. The summed E-state index contributed by atoms with van der Waals surface area (Å²) in [5, 5.41) is 0. The van der Waals surface area contributed by atoms with E-state index in [1.54, 1.807) is 0 Å². The van der Waals surface area contributed by atoms with Crippen molar-refractivity contribution in [2.24, 2.45) is 5.73 Å². The number of quaternary nitrogens is 1. The van der Waals surface area contributed by atoms with Gasteiger partial charge in [0.2, 0.25) is 0 Å². The largest absolute Gasteiger partial charge is 1.00 e. The smallest absolute Gasteiger partial charge is 0.404 e. The number of nitrogens with two attached hydrogens (primary N) is 1. The zero-order chi connectivity index (χ0) is 8.91. The monoisotopic (exact) mass is 196 g/mol. The third kappa shape index (κ3) is 12.2. The number of ether oxygens (including phenoxy) is 1. The fraction of sp³-hybridized carbons (Fsp3) is 0.857. The van der Waals surface area contributed by atoms with Gasteiger partial charge in [-0.3, -0.25) is 0 Å². The number of carbonyl (C=O) groups excluding carboxylic acids is 1. The van der Waals surface area contributed by atoms with Gasteiger partial charge >= 0.3 is 6.09 Å². The lowest BCUT2D eigenvalue weighted by Gasteiger charge is -2.23. The molecule has 74 valence electrons. The van der Waals surface area contributed by atoms with Crippen molar-refractivity contribution in [3.63, 3.8) is 0 Å². The average Bonchev–Trinajstić information content (AvgIpc) is 1.78. The van der Waals surface area contributed by atoms with Crippen LogP contribution in [-0.2, 0) is 4.74 Å². The highest BCUT2D eigenvalue weighted by atomic mass is 35.5. The van der Waals surface area contributed by atoms with Crippen LogP contribution in [0.3, 0.4) is 0 Å². The maximum atomic E-state index is 10.1. The minimum absolute atomic E-state index is 0. The van der Waals surface area contributed by atoms with Crippen molar-refractivity contribution in [2.75, 3.05) is 34.3 Å². The van der Waals surface area contributed by atoms with Crippen molar-refractivity contribution < 1.29 is 26.4 Å². The molecule has 0 aromatic rings. The summed E-state index contributed by atoms with van der Waals surface area (Å²) in [6.45, 7) is 1.40. The number of nitrogens with zero attached hydrogens (tertiary/aromatic N) is 1. The van der Waals surface area contributed by atoms with Crippen molar-refractivity contribution in [1.29, 1.82) is 0 Å². The van der Waals surface area contributed by atoms with Gasteiger partial charge in [0.1, 0.15) is 0 Å². The molecule has 12 heavy (non-hydrogen) atoms. The first-order valence-electron chi connectivity index (χ1n) is 3.64. The van der Waals surface area contributed by atoms with Crippen LogP contribution in [0, 0.1) is 0 Å². The first-order chi connectivity index (χ1) is 4.92. The van der Waals surface area contributed by atoms with Gasteiger partial charge in [-0.2, -0.15) is 0 Å². The molecule has 0 saturated carbocycles. The normalized spacial score (nSPS) is 10.2. The molecule has 0 aromatic carbocycles. The maximum absolute atomic E-state index is 10.1. The van der Waals surface area contributed by atoms with E-state index in [-0.39, 0.29) is 12.4 Å². The van der Waals surface area contributed by atoms with E-state index in [9.17, 15) is 4.79 Å². The zero-order valence-corrected chi connectivity index (χ0v) is 8.60. The van der Waals surface area contributed by atoms with Gasteiger partial charge in [-0.25, -0.2) is 4.79 Å². The Morgan fingerprint density at radius 3 is 2.25 bits per heavy atom. The molecule has 0 unspecified atom stereocenters. The van der Waals surface area contributed by atoms with Crippen LogP contribution in [0.25, 0.3) is 0 Å². The average molecular weight is 197 g/mol. The predicted molar refractivity (Wildman–Crippen MR) is 43.1 cm³/mol. The third-order valence-corrected chi connectivity index (χ3v) is 1.22. The molecule has 0 aliphatic carbocycles. The Kier molecular flexibility index (Phi) is 7.13. The molecule has 0 atom stereocenters. The Morgan fingerprint density at radius 2 is 1.92 bits per heavy atom. The van der Waals surface area contributed by atoms with Crippen molar-refractivity contribution in [2.45, 2.75) is 6.42 Å². The van der Waals surface area contributed by atoms with Crippen molar-refractivity contribution >= 4 is 6.09 Å². The van der Waals surface area contributed by atoms with E-state index in [2.05, 4.69) is 25.9 Å². The summed E-state index contributed by atoms with van der Waals surface area (Å²) in [6, 6.07) is 0. The van der Waals surface area contributed by atoms with Crippen LogP contribution in [0.15, 0.2) is 0 Å².